The number of likely N-dealkylation sites (tertiary alicyclic amines) is 1. The van der Waals surface area contributed by atoms with Gasteiger partial charge in [0.05, 0.1) is 12.7 Å². The Labute approximate surface area is 206 Å². The molecule has 2 atom stereocenters. The second-order valence-electron chi connectivity index (χ2n) is 8.95. The fourth-order valence-corrected chi connectivity index (χ4v) is 4.11. The van der Waals surface area contributed by atoms with Crippen molar-refractivity contribution in [2.24, 2.45) is 0 Å². The summed E-state index contributed by atoms with van der Waals surface area (Å²) in [5.41, 5.74) is 3.35. The van der Waals surface area contributed by atoms with Crippen molar-refractivity contribution in [1.29, 1.82) is 0 Å². The second kappa shape index (κ2) is 11.6. The Morgan fingerprint density at radius 1 is 1.11 bits per heavy atom. The van der Waals surface area contributed by atoms with Crippen molar-refractivity contribution in [3.63, 3.8) is 0 Å². The molecule has 1 aliphatic heterocycles. The van der Waals surface area contributed by atoms with Gasteiger partial charge in [-0.3, -0.25) is 9.59 Å². The van der Waals surface area contributed by atoms with Crippen LogP contribution in [0.5, 0.6) is 5.75 Å². The molecule has 1 saturated heterocycles. The largest absolute Gasteiger partial charge is 0.487 e. The van der Waals surface area contributed by atoms with E-state index in [4.69, 9.17) is 4.74 Å². The minimum atomic E-state index is -0.505. The Morgan fingerprint density at radius 2 is 1.89 bits per heavy atom. The highest BCUT2D eigenvalue weighted by molar-refractivity contribution is 5.94. The molecule has 2 N–H and O–H groups in total. The lowest BCUT2D eigenvalue weighted by molar-refractivity contribution is -0.134. The highest BCUT2D eigenvalue weighted by Gasteiger charge is 2.24. The molecule has 1 fully saturated rings. The molecule has 1 aromatic heterocycles. The van der Waals surface area contributed by atoms with Gasteiger partial charge in [-0.25, -0.2) is 4.98 Å². The lowest BCUT2D eigenvalue weighted by atomic mass is 10.1. The van der Waals surface area contributed by atoms with Gasteiger partial charge in [-0.1, -0.05) is 60.2 Å². The number of aromatic nitrogens is 1. The van der Waals surface area contributed by atoms with Crippen molar-refractivity contribution in [3.05, 3.63) is 89.6 Å². The van der Waals surface area contributed by atoms with Crippen molar-refractivity contribution >= 4 is 17.6 Å². The number of piperidine rings is 1. The molecular weight excluding hydrogens is 440 g/mol. The number of likely N-dealkylation sites (N-methyl/N-ethyl adjacent to an activating group) is 1. The summed E-state index contributed by atoms with van der Waals surface area (Å²) in [5, 5.41) is 6.32. The topological polar surface area (TPSA) is 83.6 Å². The average molecular weight is 473 g/mol. The summed E-state index contributed by atoms with van der Waals surface area (Å²) in [4.78, 5) is 30.9. The molecule has 1 aliphatic rings. The first-order valence-corrected chi connectivity index (χ1v) is 12.0. The number of ether oxygens (including phenoxy) is 1. The maximum absolute atomic E-state index is 13.2. The zero-order valence-electron chi connectivity index (χ0n) is 20.2. The molecule has 0 bridgehead atoms. The van der Waals surface area contributed by atoms with Crippen molar-refractivity contribution in [1.82, 2.24) is 15.2 Å². The number of amides is 2. The number of hydrogen-bond donors (Lipinski definition) is 2. The molecule has 0 spiro atoms. The average Bonchev–Trinajstić information content (AvgIpc) is 2.87. The Bertz CT molecular complexity index is 1120. The van der Waals surface area contributed by atoms with Crippen LogP contribution in [0.2, 0.25) is 0 Å². The first-order chi connectivity index (χ1) is 17.0. The van der Waals surface area contributed by atoms with Crippen LogP contribution in [0.3, 0.4) is 0 Å². The van der Waals surface area contributed by atoms with Crippen molar-refractivity contribution in [2.45, 2.75) is 38.3 Å². The quantitative estimate of drug-likeness (QED) is 0.494. The number of aryl methyl sites for hydroxylation is 1. The van der Waals surface area contributed by atoms with Crippen molar-refractivity contribution in [2.75, 3.05) is 25.5 Å². The van der Waals surface area contributed by atoms with E-state index in [1.807, 2.05) is 30.3 Å². The molecule has 0 radical (unpaired) electrons. The van der Waals surface area contributed by atoms with Gasteiger partial charge in [-0.05, 0) is 43.0 Å². The number of carbonyl (C=O) groups is 2. The van der Waals surface area contributed by atoms with Gasteiger partial charge >= 0.3 is 0 Å². The number of hydrogen-bond acceptors (Lipinski definition) is 5. The van der Waals surface area contributed by atoms with Crippen LogP contribution in [0.25, 0.3) is 0 Å². The molecule has 2 aromatic carbocycles. The van der Waals surface area contributed by atoms with Crippen LogP contribution in [-0.4, -0.2) is 47.9 Å². The molecule has 3 aromatic rings. The zero-order chi connectivity index (χ0) is 24.6. The molecular formula is C28H32N4O3. The van der Waals surface area contributed by atoms with Crippen molar-refractivity contribution < 1.29 is 14.3 Å². The Morgan fingerprint density at radius 3 is 2.57 bits per heavy atom. The standard InChI is InChI=1S/C28H32N4O3/c1-20-8-10-21(11-9-20)16-17-29-27(22-6-4-3-5-7-22)28(34)31-25-14-12-23(18-30-25)35-24-13-15-26(33)32(2)19-24/h3-12,14,18,24,27,29H,13,15-17,19H2,1-2H3,(H,30,31,34)/t24-,27-/m1/s1. The predicted molar refractivity (Wildman–Crippen MR) is 136 cm³/mol. The van der Waals surface area contributed by atoms with E-state index in [9.17, 15) is 9.59 Å². The summed E-state index contributed by atoms with van der Waals surface area (Å²) in [6, 6.07) is 21.1. The van der Waals surface area contributed by atoms with Gasteiger partial charge in [0.2, 0.25) is 11.8 Å². The second-order valence-corrected chi connectivity index (χ2v) is 8.95. The lowest BCUT2D eigenvalue weighted by Crippen LogP contribution is -2.42. The van der Waals surface area contributed by atoms with Gasteiger partial charge in [0.15, 0.2) is 0 Å². The van der Waals surface area contributed by atoms with E-state index in [2.05, 4.69) is 46.8 Å². The van der Waals surface area contributed by atoms with Crippen LogP contribution < -0.4 is 15.4 Å². The van der Waals surface area contributed by atoms with Crippen molar-refractivity contribution in [3.8, 4) is 5.75 Å². The third-order valence-electron chi connectivity index (χ3n) is 6.15. The summed E-state index contributed by atoms with van der Waals surface area (Å²) in [6.45, 7) is 3.29. The minimum absolute atomic E-state index is 0.0554. The number of nitrogens with one attached hydrogen (secondary N) is 2. The van der Waals surface area contributed by atoms with Crippen LogP contribution in [0.15, 0.2) is 72.9 Å². The summed E-state index contributed by atoms with van der Waals surface area (Å²) >= 11 is 0. The molecule has 0 aliphatic carbocycles. The number of rotatable bonds is 9. The van der Waals surface area contributed by atoms with E-state index >= 15 is 0 Å². The molecule has 7 heteroatoms. The molecule has 35 heavy (non-hydrogen) atoms. The smallest absolute Gasteiger partial charge is 0.247 e. The Balaban J connectivity index is 1.36. The minimum Gasteiger partial charge on any atom is -0.487 e. The Kier molecular flexibility index (Phi) is 8.11. The first kappa shape index (κ1) is 24.4. The fourth-order valence-electron chi connectivity index (χ4n) is 4.11. The molecule has 0 saturated carbocycles. The summed E-state index contributed by atoms with van der Waals surface area (Å²) in [5.74, 6) is 1.04. The van der Waals surface area contributed by atoms with Gasteiger partial charge in [0.25, 0.3) is 0 Å². The molecule has 4 rings (SSSR count). The monoisotopic (exact) mass is 472 g/mol. The number of pyridine rings is 1. The predicted octanol–water partition coefficient (Wildman–Crippen LogP) is 3.90. The Hall–Kier alpha value is -3.71. The van der Waals surface area contributed by atoms with Gasteiger partial charge in [-0.15, -0.1) is 0 Å². The lowest BCUT2D eigenvalue weighted by Gasteiger charge is -2.29. The third-order valence-corrected chi connectivity index (χ3v) is 6.15. The van der Waals surface area contributed by atoms with Crippen LogP contribution in [0.1, 0.15) is 35.6 Å². The van der Waals surface area contributed by atoms with Gasteiger partial charge < -0.3 is 20.3 Å². The SMILES string of the molecule is Cc1ccc(CCN[C@@H](C(=O)Nc2ccc(O[C@@H]3CCC(=O)N(C)C3)cn2)c2ccccc2)cc1. The first-order valence-electron chi connectivity index (χ1n) is 12.0. The molecule has 2 amide bonds. The fraction of sp³-hybridized carbons (Fsp3) is 0.321. The normalized spacial score (nSPS) is 16.6. The van der Waals surface area contributed by atoms with E-state index in [1.165, 1.54) is 11.1 Å². The number of carbonyl (C=O) groups excluding carboxylic acids is 2. The number of benzene rings is 2. The molecule has 0 unspecified atom stereocenters. The maximum Gasteiger partial charge on any atom is 0.247 e. The van der Waals surface area contributed by atoms with Gasteiger partial charge in [-0.2, -0.15) is 0 Å². The zero-order valence-corrected chi connectivity index (χ0v) is 20.2. The number of anilines is 1. The van der Waals surface area contributed by atoms with Crippen LogP contribution >= 0.6 is 0 Å². The van der Waals surface area contributed by atoms with E-state index in [-0.39, 0.29) is 17.9 Å². The van der Waals surface area contributed by atoms with Crippen LogP contribution in [-0.2, 0) is 16.0 Å². The van der Waals surface area contributed by atoms with Gasteiger partial charge in [0, 0.05) is 20.0 Å². The van der Waals surface area contributed by atoms with Crippen LogP contribution in [0, 0.1) is 6.92 Å². The maximum atomic E-state index is 13.2. The highest BCUT2D eigenvalue weighted by atomic mass is 16.5. The molecule has 7 nitrogen and oxygen atoms in total. The summed E-state index contributed by atoms with van der Waals surface area (Å²) < 4.78 is 5.97. The van der Waals surface area contributed by atoms with E-state index in [0.717, 1.165) is 12.0 Å². The van der Waals surface area contributed by atoms with Gasteiger partial charge in [0.1, 0.15) is 23.7 Å². The summed E-state index contributed by atoms with van der Waals surface area (Å²) in [7, 11) is 1.78. The molecule has 2 heterocycles. The summed E-state index contributed by atoms with van der Waals surface area (Å²) in [6.07, 6.45) is 3.55. The van der Waals surface area contributed by atoms with E-state index in [0.29, 0.717) is 37.5 Å². The molecule has 182 valence electrons. The number of nitrogens with zero attached hydrogens (tertiary/aromatic N) is 2. The third kappa shape index (κ3) is 6.90. The van der Waals surface area contributed by atoms with Crippen LogP contribution in [0.4, 0.5) is 5.82 Å². The highest BCUT2D eigenvalue weighted by Crippen LogP contribution is 2.20. The van der Waals surface area contributed by atoms with E-state index in [1.54, 1.807) is 30.3 Å². The van der Waals surface area contributed by atoms with E-state index < -0.39 is 6.04 Å².